The summed E-state index contributed by atoms with van der Waals surface area (Å²) in [5.41, 5.74) is 6.91. The van der Waals surface area contributed by atoms with Crippen molar-refractivity contribution in [1.82, 2.24) is 15.0 Å². The van der Waals surface area contributed by atoms with Crippen molar-refractivity contribution in [1.29, 1.82) is 0 Å². The summed E-state index contributed by atoms with van der Waals surface area (Å²) in [6.07, 6.45) is 4.31. The van der Waals surface area contributed by atoms with E-state index >= 15 is 0 Å². The maximum Gasteiger partial charge on any atom is 0.232 e. The van der Waals surface area contributed by atoms with Crippen molar-refractivity contribution in [2.45, 2.75) is 61.1 Å². The summed E-state index contributed by atoms with van der Waals surface area (Å²) in [5, 5.41) is 30.8. The molecule has 230 valence electrons. The maximum absolute atomic E-state index is 10.4. The van der Waals surface area contributed by atoms with E-state index in [9.17, 15) is 15.3 Å². The minimum Gasteiger partial charge on any atom is -0.507 e. The third kappa shape index (κ3) is 8.28. The Hall–Kier alpha value is -4.53. The number of phenols is 2. The van der Waals surface area contributed by atoms with E-state index in [2.05, 4.69) is 6.58 Å². The normalized spacial score (nSPS) is 12.2. The summed E-state index contributed by atoms with van der Waals surface area (Å²) in [5.74, 6) is 2.44. The molecule has 3 N–H and O–H groups in total. The number of hydrogen-bond acceptors (Lipinski definition) is 9. The van der Waals surface area contributed by atoms with Crippen molar-refractivity contribution in [3.05, 3.63) is 93.3 Å². The average Bonchev–Trinajstić information content (AvgIpc) is 2.97. The molecule has 0 aliphatic carbocycles. The number of aromatic nitrogens is 3. The standard InChI is InChI=1S/C34H46N6O3/c1-11-21(2)29(41)22(3)13-12-14-38(8)32-35-33(39(9)19-27-15-23(4)30(42)24(5)16-27)37-34(36-32)40(10)20-28-17-25(6)31(43)26(7)18-28/h11,13,15-18,41-43H,1,12,14,19-20H2,2-10H3/b22-13-,29-21+. The lowest BCUT2D eigenvalue weighted by Gasteiger charge is -2.25. The van der Waals surface area contributed by atoms with Crippen LogP contribution in [0, 0.1) is 27.7 Å². The second-order valence-electron chi connectivity index (χ2n) is 11.4. The Balaban J connectivity index is 1.94. The molecule has 9 nitrogen and oxygen atoms in total. The molecule has 0 atom stereocenters. The molecule has 0 spiro atoms. The number of aryl methyl sites for hydroxylation is 4. The first-order valence-corrected chi connectivity index (χ1v) is 14.4. The molecule has 3 aromatic rings. The lowest BCUT2D eigenvalue weighted by atomic mass is 10.1. The largest absolute Gasteiger partial charge is 0.507 e. The number of rotatable bonds is 12. The Kier molecular flexibility index (Phi) is 10.8. The molecule has 0 unspecified atom stereocenters. The lowest BCUT2D eigenvalue weighted by molar-refractivity contribution is 0.418. The molecular formula is C34H46N6O3. The highest BCUT2D eigenvalue weighted by Gasteiger charge is 2.18. The van der Waals surface area contributed by atoms with Gasteiger partial charge in [-0.2, -0.15) is 15.0 Å². The molecule has 0 amide bonds. The molecule has 1 aromatic heterocycles. The van der Waals surface area contributed by atoms with Gasteiger partial charge in [-0.15, -0.1) is 0 Å². The first kappa shape index (κ1) is 33.0. The van der Waals surface area contributed by atoms with Gasteiger partial charge in [0.15, 0.2) is 0 Å². The van der Waals surface area contributed by atoms with E-state index in [1.807, 2.05) is 108 Å². The average molecular weight is 587 g/mol. The van der Waals surface area contributed by atoms with Crippen LogP contribution in [-0.4, -0.2) is 58.0 Å². The van der Waals surface area contributed by atoms with Gasteiger partial charge in [0, 0.05) is 40.8 Å². The number of allylic oxidation sites excluding steroid dienone is 3. The Morgan fingerprint density at radius 1 is 0.721 bits per heavy atom. The molecule has 0 saturated heterocycles. The number of anilines is 3. The summed E-state index contributed by atoms with van der Waals surface area (Å²) in [7, 11) is 5.82. The first-order chi connectivity index (χ1) is 20.2. The summed E-state index contributed by atoms with van der Waals surface area (Å²) >= 11 is 0. The van der Waals surface area contributed by atoms with Crippen LogP contribution in [0.1, 0.15) is 53.6 Å². The molecule has 1 heterocycles. The van der Waals surface area contributed by atoms with Gasteiger partial charge in [-0.1, -0.05) is 43.0 Å². The molecule has 3 rings (SSSR count). The van der Waals surface area contributed by atoms with Gasteiger partial charge in [-0.05, 0) is 92.5 Å². The Bertz CT molecular complexity index is 1420. The highest BCUT2D eigenvalue weighted by molar-refractivity contribution is 5.49. The zero-order valence-electron chi connectivity index (χ0n) is 27.0. The van der Waals surface area contributed by atoms with Crippen LogP contribution in [0.25, 0.3) is 0 Å². The summed E-state index contributed by atoms with van der Waals surface area (Å²) in [6, 6.07) is 7.90. The topological polar surface area (TPSA) is 109 Å². The number of aliphatic hydroxyl groups is 1. The van der Waals surface area contributed by atoms with Gasteiger partial charge >= 0.3 is 0 Å². The van der Waals surface area contributed by atoms with Crippen LogP contribution in [0.15, 0.2) is 59.9 Å². The zero-order chi connectivity index (χ0) is 32.0. The molecule has 0 bridgehead atoms. The number of nitrogens with zero attached hydrogens (tertiary/aromatic N) is 6. The minimum absolute atomic E-state index is 0.241. The van der Waals surface area contributed by atoms with E-state index in [1.54, 1.807) is 6.08 Å². The lowest BCUT2D eigenvalue weighted by Crippen LogP contribution is -2.28. The fourth-order valence-corrected chi connectivity index (χ4v) is 4.90. The van der Waals surface area contributed by atoms with E-state index in [-0.39, 0.29) is 5.76 Å². The van der Waals surface area contributed by atoms with E-state index in [0.717, 1.165) is 44.5 Å². The van der Waals surface area contributed by atoms with Crippen LogP contribution >= 0.6 is 0 Å². The maximum atomic E-state index is 10.4. The zero-order valence-corrected chi connectivity index (χ0v) is 27.0. The molecular weight excluding hydrogens is 540 g/mol. The van der Waals surface area contributed by atoms with Gasteiger partial charge < -0.3 is 30.0 Å². The SMILES string of the molecule is C=C/C(C)=C(O)\C(C)=C/CCN(C)c1nc(N(C)Cc2cc(C)c(O)c(C)c2)nc(N(C)Cc2cc(C)c(O)c(C)c2)n1. The quantitative estimate of drug-likeness (QED) is 0.160. The highest BCUT2D eigenvalue weighted by atomic mass is 16.3. The van der Waals surface area contributed by atoms with Crippen molar-refractivity contribution in [2.24, 2.45) is 0 Å². The van der Waals surface area contributed by atoms with Gasteiger partial charge in [0.1, 0.15) is 17.3 Å². The van der Waals surface area contributed by atoms with E-state index < -0.39 is 0 Å². The van der Waals surface area contributed by atoms with Crippen LogP contribution in [0.3, 0.4) is 0 Å². The van der Waals surface area contributed by atoms with Gasteiger partial charge in [0.25, 0.3) is 0 Å². The molecule has 0 saturated carbocycles. The third-order valence-corrected chi connectivity index (χ3v) is 7.53. The first-order valence-electron chi connectivity index (χ1n) is 14.4. The third-order valence-electron chi connectivity index (χ3n) is 7.53. The summed E-state index contributed by atoms with van der Waals surface area (Å²) < 4.78 is 0. The summed E-state index contributed by atoms with van der Waals surface area (Å²) in [4.78, 5) is 20.4. The number of aromatic hydroxyl groups is 2. The predicted octanol–water partition coefficient (Wildman–Crippen LogP) is 6.58. The molecule has 0 aliphatic heterocycles. The molecule has 43 heavy (non-hydrogen) atoms. The monoisotopic (exact) mass is 586 g/mol. The molecule has 9 heteroatoms. The van der Waals surface area contributed by atoms with Crippen LogP contribution in [0.2, 0.25) is 0 Å². The van der Waals surface area contributed by atoms with Crippen LogP contribution in [0.4, 0.5) is 17.8 Å². The molecule has 0 radical (unpaired) electrons. The highest BCUT2D eigenvalue weighted by Crippen LogP contribution is 2.27. The fraction of sp³-hybridized carbons (Fsp3) is 0.382. The molecule has 2 aromatic carbocycles. The van der Waals surface area contributed by atoms with Crippen molar-refractivity contribution in [2.75, 3.05) is 42.4 Å². The van der Waals surface area contributed by atoms with Crippen molar-refractivity contribution < 1.29 is 15.3 Å². The van der Waals surface area contributed by atoms with Crippen LogP contribution in [0.5, 0.6) is 11.5 Å². The van der Waals surface area contributed by atoms with Crippen molar-refractivity contribution in [3.63, 3.8) is 0 Å². The molecule has 0 fully saturated rings. The predicted molar refractivity (Wildman–Crippen MR) is 176 cm³/mol. The Morgan fingerprint density at radius 2 is 1.09 bits per heavy atom. The van der Waals surface area contributed by atoms with Gasteiger partial charge in [-0.3, -0.25) is 0 Å². The van der Waals surface area contributed by atoms with Crippen LogP contribution < -0.4 is 14.7 Å². The fourth-order valence-electron chi connectivity index (χ4n) is 4.90. The van der Waals surface area contributed by atoms with Gasteiger partial charge in [0.05, 0.1) is 0 Å². The Morgan fingerprint density at radius 3 is 1.47 bits per heavy atom. The number of hydrogen-bond donors (Lipinski definition) is 3. The minimum atomic E-state index is 0.241. The van der Waals surface area contributed by atoms with Crippen molar-refractivity contribution >= 4 is 17.8 Å². The second kappa shape index (κ2) is 14.1. The van der Waals surface area contributed by atoms with Gasteiger partial charge in [0.2, 0.25) is 17.8 Å². The van der Waals surface area contributed by atoms with Crippen molar-refractivity contribution in [3.8, 4) is 11.5 Å². The summed E-state index contributed by atoms with van der Waals surface area (Å²) in [6.45, 7) is 16.7. The Labute approximate surface area is 256 Å². The molecule has 0 aliphatic rings. The van der Waals surface area contributed by atoms with Gasteiger partial charge in [-0.25, -0.2) is 0 Å². The van der Waals surface area contributed by atoms with E-state index in [1.165, 1.54) is 0 Å². The number of benzene rings is 2. The smallest absolute Gasteiger partial charge is 0.232 e. The second-order valence-corrected chi connectivity index (χ2v) is 11.4. The van der Waals surface area contributed by atoms with Crippen LogP contribution in [-0.2, 0) is 13.1 Å². The van der Waals surface area contributed by atoms with E-state index in [0.29, 0.717) is 55.4 Å². The number of aliphatic hydroxyl groups excluding tert-OH is 1. The van der Waals surface area contributed by atoms with E-state index in [4.69, 9.17) is 15.0 Å². The number of phenolic OH excluding ortho intramolecular Hbond substituents is 2.